The zero-order chi connectivity index (χ0) is 20.1. The van der Waals surface area contributed by atoms with Crippen molar-refractivity contribution in [3.63, 3.8) is 0 Å². The van der Waals surface area contributed by atoms with E-state index in [1.54, 1.807) is 0 Å². The summed E-state index contributed by atoms with van der Waals surface area (Å²) in [5, 5.41) is 7.10. The van der Waals surface area contributed by atoms with Gasteiger partial charge in [-0.15, -0.1) is 0 Å². The Kier molecular flexibility index (Phi) is 6.49. The van der Waals surface area contributed by atoms with Crippen molar-refractivity contribution >= 4 is 11.7 Å². The maximum Gasteiger partial charge on any atom is 0.322 e. The molecule has 1 aromatic heterocycles. The van der Waals surface area contributed by atoms with Crippen molar-refractivity contribution in [2.24, 2.45) is 5.92 Å². The lowest BCUT2D eigenvalue weighted by Crippen LogP contribution is -2.49. The molecule has 1 atom stereocenters. The lowest BCUT2D eigenvalue weighted by Gasteiger charge is -2.40. The lowest BCUT2D eigenvalue weighted by atomic mass is 9.86. The van der Waals surface area contributed by atoms with Gasteiger partial charge in [0.15, 0.2) is 5.76 Å². The van der Waals surface area contributed by atoms with E-state index in [0.717, 1.165) is 69.0 Å². The number of carbonyl (C=O) groups is 1. The molecule has 0 saturated carbocycles. The molecular weight excluding hydrogens is 364 g/mol. The number of likely N-dealkylation sites (tertiary alicyclic amines) is 2. The number of carbonyl (C=O) groups excluding carboxylic acids is 1. The average Bonchev–Trinajstić information content (AvgIpc) is 2.99. The van der Waals surface area contributed by atoms with E-state index >= 15 is 0 Å². The number of rotatable bonds is 4. The standard InChI is InChI=1S/C23H32N4O2/c1-18-16-21(29-25-18)17-26-14-11-19(12-15-26)22-10-6-3-7-13-27(22)23(28)24-20-8-4-2-5-9-20/h2,4-5,8-9,16,19,22H,3,6-7,10-15,17H2,1H3,(H,24,28)/t22-/m0/s1. The Balaban J connectivity index is 1.36. The van der Waals surface area contributed by atoms with Gasteiger partial charge in [-0.25, -0.2) is 4.79 Å². The lowest BCUT2D eigenvalue weighted by molar-refractivity contribution is 0.0983. The zero-order valence-corrected chi connectivity index (χ0v) is 17.3. The molecule has 29 heavy (non-hydrogen) atoms. The summed E-state index contributed by atoms with van der Waals surface area (Å²) < 4.78 is 5.38. The van der Waals surface area contributed by atoms with E-state index in [9.17, 15) is 4.79 Å². The van der Waals surface area contributed by atoms with Crippen LogP contribution >= 0.6 is 0 Å². The smallest absolute Gasteiger partial charge is 0.322 e. The Morgan fingerprint density at radius 1 is 1.10 bits per heavy atom. The van der Waals surface area contributed by atoms with Gasteiger partial charge in [-0.3, -0.25) is 4.90 Å². The zero-order valence-electron chi connectivity index (χ0n) is 17.3. The van der Waals surface area contributed by atoms with Crippen LogP contribution < -0.4 is 5.32 Å². The molecule has 2 saturated heterocycles. The molecule has 2 aliphatic heterocycles. The summed E-state index contributed by atoms with van der Waals surface area (Å²) in [6, 6.07) is 12.2. The highest BCUT2D eigenvalue weighted by atomic mass is 16.5. The van der Waals surface area contributed by atoms with Gasteiger partial charge in [-0.1, -0.05) is 36.2 Å². The first-order valence-electron chi connectivity index (χ1n) is 11.0. The Morgan fingerprint density at radius 2 is 1.90 bits per heavy atom. The summed E-state index contributed by atoms with van der Waals surface area (Å²) in [7, 11) is 0. The number of hydrogen-bond donors (Lipinski definition) is 1. The van der Waals surface area contributed by atoms with Gasteiger partial charge in [0.1, 0.15) is 0 Å². The molecule has 6 heteroatoms. The average molecular weight is 397 g/mol. The summed E-state index contributed by atoms with van der Waals surface area (Å²) in [5.74, 6) is 1.52. The molecule has 2 aliphatic rings. The number of amides is 2. The first-order valence-corrected chi connectivity index (χ1v) is 11.0. The van der Waals surface area contributed by atoms with Crippen LogP contribution in [0.2, 0.25) is 0 Å². The van der Waals surface area contributed by atoms with E-state index in [1.807, 2.05) is 43.3 Å². The molecule has 0 spiro atoms. The normalized spacial score (nSPS) is 21.7. The van der Waals surface area contributed by atoms with E-state index in [0.29, 0.717) is 12.0 Å². The molecule has 0 bridgehead atoms. The Labute approximate surface area is 173 Å². The Hall–Kier alpha value is -2.34. The number of hydrogen-bond acceptors (Lipinski definition) is 4. The van der Waals surface area contributed by atoms with Gasteiger partial charge in [0.05, 0.1) is 12.2 Å². The number of piperidine rings is 1. The van der Waals surface area contributed by atoms with Gasteiger partial charge in [-0.05, 0) is 63.7 Å². The van der Waals surface area contributed by atoms with Crippen LogP contribution in [0.15, 0.2) is 40.9 Å². The topological polar surface area (TPSA) is 61.6 Å². The molecule has 1 aromatic carbocycles. The predicted octanol–water partition coefficient (Wildman–Crippen LogP) is 4.67. The van der Waals surface area contributed by atoms with Crippen molar-refractivity contribution < 1.29 is 9.32 Å². The third-order valence-electron chi connectivity index (χ3n) is 6.32. The van der Waals surface area contributed by atoms with Crippen LogP contribution in [0.5, 0.6) is 0 Å². The van der Waals surface area contributed by atoms with Crippen LogP contribution in [0.1, 0.15) is 50.0 Å². The molecule has 4 rings (SSSR count). The summed E-state index contributed by atoms with van der Waals surface area (Å²) in [6.07, 6.45) is 6.92. The number of urea groups is 1. The van der Waals surface area contributed by atoms with Crippen LogP contribution in [0.3, 0.4) is 0 Å². The number of aromatic nitrogens is 1. The van der Waals surface area contributed by atoms with E-state index in [-0.39, 0.29) is 6.03 Å². The summed E-state index contributed by atoms with van der Waals surface area (Å²) in [4.78, 5) is 17.6. The van der Waals surface area contributed by atoms with Gasteiger partial charge in [-0.2, -0.15) is 0 Å². The van der Waals surface area contributed by atoms with E-state index in [2.05, 4.69) is 20.3 Å². The van der Waals surface area contributed by atoms with E-state index in [1.165, 1.54) is 12.8 Å². The quantitative estimate of drug-likeness (QED) is 0.816. The SMILES string of the molecule is Cc1cc(CN2CCC([C@@H]3CCCCCN3C(=O)Nc3ccccc3)CC2)on1. The van der Waals surface area contributed by atoms with E-state index < -0.39 is 0 Å². The number of para-hydroxylation sites is 1. The minimum atomic E-state index is 0.0580. The molecule has 156 valence electrons. The Bertz CT molecular complexity index is 783. The largest absolute Gasteiger partial charge is 0.360 e. The first-order chi connectivity index (χ1) is 14.2. The third-order valence-corrected chi connectivity index (χ3v) is 6.32. The minimum Gasteiger partial charge on any atom is -0.360 e. The van der Waals surface area contributed by atoms with Gasteiger partial charge in [0.25, 0.3) is 0 Å². The second kappa shape index (κ2) is 9.44. The molecule has 1 N–H and O–H groups in total. The number of nitrogens with zero attached hydrogens (tertiary/aromatic N) is 3. The second-order valence-corrected chi connectivity index (χ2v) is 8.45. The maximum absolute atomic E-state index is 13.1. The van der Waals surface area contributed by atoms with Gasteiger partial charge >= 0.3 is 6.03 Å². The fourth-order valence-corrected chi connectivity index (χ4v) is 4.80. The molecule has 3 heterocycles. The van der Waals surface area contributed by atoms with Gasteiger partial charge < -0.3 is 14.7 Å². The van der Waals surface area contributed by atoms with Crippen LogP contribution in [-0.4, -0.2) is 46.7 Å². The van der Waals surface area contributed by atoms with Crippen molar-refractivity contribution in [1.29, 1.82) is 0 Å². The van der Waals surface area contributed by atoms with Crippen molar-refractivity contribution in [1.82, 2.24) is 15.0 Å². The molecule has 2 fully saturated rings. The predicted molar refractivity (Wildman–Crippen MR) is 114 cm³/mol. The van der Waals surface area contributed by atoms with Crippen LogP contribution in [0.25, 0.3) is 0 Å². The molecule has 0 radical (unpaired) electrons. The van der Waals surface area contributed by atoms with Crippen LogP contribution in [0.4, 0.5) is 10.5 Å². The van der Waals surface area contributed by atoms with Gasteiger partial charge in [0, 0.05) is 24.3 Å². The van der Waals surface area contributed by atoms with Gasteiger partial charge in [0.2, 0.25) is 0 Å². The highest BCUT2D eigenvalue weighted by Gasteiger charge is 2.34. The Morgan fingerprint density at radius 3 is 2.62 bits per heavy atom. The maximum atomic E-state index is 13.1. The molecule has 2 amide bonds. The van der Waals surface area contributed by atoms with Crippen molar-refractivity contribution in [2.45, 2.75) is 58.0 Å². The number of anilines is 1. The highest BCUT2D eigenvalue weighted by molar-refractivity contribution is 5.89. The summed E-state index contributed by atoms with van der Waals surface area (Å²) in [6.45, 7) is 5.75. The summed E-state index contributed by atoms with van der Waals surface area (Å²) >= 11 is 0. The first kappa shape index (κ1) is 20.0. The molecular formula is C23H32N4O2. The molecule has 0 aliphatic carbocycles. The third kappa shape index (κ3) is 5.18. The number of aryl methyl sites for hydroxylation is 1. The second-order valence-electron chi connectivity index (χ2n) is 8.45. The minimum absolute atomic E-state index is 0.0580. The van der Waals surface area contributed by atoms with E-state index in [4.69, 9.17) is 4.52 Å². The van der Waals surface area contributed by atoms with Crippen LogP contribution in [0, 0.1) is 12.8 Å². The summed E-state index contributed by atoms with van der Waals surface area (Å²) in [5.41, 5.74) is 1.81. The number of benzene rings is 1. The monoisotopic (exact) mass is 396 g/mol. The highest BCUT2D eigenvalue weighted by Crippen LogP contribution is 2.31. The van der Waals surface area contributed by atoms with Crippen molar-refractivity contribution in [2.75, 3.05) is 25.0 Å². The fraction of sp³-hybridized carbons (Fsp3) is 0.565. The van der Waals surface area contributed by atoms with Crippen molar-refractivity contribution in [3.8, 4) is 0 Å². The number of nitrogens with one attached hydrogen (secondary N) is 1. The van der Waals surface area contributed by atoms with Crippen molar-refractivity contribution in [3.05, 3.63) is 47.9 Å². The molecule has 2 aromatic rings. The molecule has 6 nitrogen and oxygen atoms in total. The molecule has 0 unspecified atom stereocenters. The van der Waals surface area contributed by atoms with Crippen LogP contribution in [-0.2, 0) is 6.54 Å². The fourth-order valence-electron chi connectivity index (χ4n) is 4.80.